The number of carbonyl (C=O) groups is 1. The molecule has 1 aliphatic rings. The van der Waals surface area contributed by atoms with Crippen LogP contribution in [0.1, 0.15) is 31.4 Å². The summed E-state index contributed by atoms with van der Waals surface area (Å²) in [6.07, 6.45) is 0.956. The monoisotopic (exact) mass is 257 g/mol. The number of hydrogen-bond donors (Lipinski definition) is 2. The Kier molecular flexibility index (Phi) is 3.64. The van der Waals surface area contributed by atoms with Crippen LogP contribution in [0.5, 0.6) is 0 Å². The number of aliphatic hydroxyl groups is 1. The molecule has 0 saturated heterocycles. The van der Waals surface area contributed by atoms with Crippen LogP contribution in [-0.2, 0) is 4.79 Å². The fourth-order valence-corrected chi connectivity index (χ4v) is 2.16. The van der Waals surface area contributed by atoms with E-state index in [4.69, 9.17) is 5.11 Å². The normalized spacial score (nSPS) is 19.3. The first-order valence-electron chi connectivity index (χ1n) is 6.45. The molecule has 1 amide bonds. The van der Waals surface area contributed by atoms with Crippen molar-refractivity contribution in [2.45, 2.75) is 27.2 Å². The largest absolute Gasteiger partial charge is 0.384 e. The van der Waals surface area contributed by atoms with Gasteiger partial charge in [-0.1, -0.05) is 25.7 Å². The highest BCUT2D eigenvalue weighted by atomic mass is 16.2. The Hall–Kier alpha value is -1.79. The maximum atomic E-state index is 12.0. The van der Waals surface area contributed by atoms with Gasteiger partial charge < -0.3 is 10.4 Å². The lowest BCUT2D eigenvalue weighted by Crippen LogP contribution is -2.16. The van der Waals surface area contributed by atoms with Gasteiger partial charge in [-0.15, -0.1) is 0 Å². The van der Waals surface area contributed by atoms with E-state index >= 15 is 0 Å². The summed E-state index contributed by atoms with van der Waals surface area (Å²) in [5, 5.41) is 11.6. The Labute approximate surface area is 114 Å². The molecule has 0 aliphatic heterocycles. The number of carbonyl (C=O) groups excluding carboxylic acids is 1. The molecule has 1 aromatic carbocycles. The van der Waals surface area contributed by atoms with Crippen molar-refractivity contribution in [1.82, 2.24) is 0 Å². The van der Waals surface area contributed by atoms with Gasteiger partial charge >= 0.3 is 0 Å². The Morgan fingerprint density at radius 3 is 2.74 bits per heavy atom. The van der Waals surface area contributed by atoms with E-state index in [1.165, 1.54) is 0 Å². The van der Waals surface area contributed by atoms with E-state index in [0.29, 0.717) is 0 Å². The van der Waals surface area contributed by atoms with Gasteiger partial charge in [0.2, 0.25) is 5.91 Å². The van der Waals surface area contributed by atoms with Gasteiger partial charge in [0.05, 0.1) is 0 Å². The molecular weight excluding hydrogens is 238 g/mol. The quantitative estimate of drug-likeness (QED) is 0.799. The van der Waals surface area contributed by atoms with Crippen LogP contribution in [-0.4, -0.2) is 17.6 Å². The lowest BCUT2D eigenvalue weighted by Gasteiger charge is -2.08. The van der Waals surface area contributed by atoms with Crippen LogP contribution in [0.2, 0.25) is 0 Å². The van der Waals surface area contributed by atoms with E-state index < -0.39 is 0 Å². The highest BCUT2D eigenvalue weighted by Gasteiger charge is 2.50. The average Bonchev–Trinajstić information content (AvgIpc) is 2.98. The molecular formula is C16H19NO2. The standard InChI is InChI=1S/C16H19NO2/c1-11-9-13(7-6-12(11)5-4-8-18)17-15(19)14-10-16(14,2)3/h6-7,9,14,18H,8,10H2,1-3H3,(H,17,19). The zero-order chi connectivity index (χ0) is 14.0. The van der Waals surface area contributed by atoms with E-state index in [-0.39, 0.29) is 23.8 Å². The summed E-state index contributed by atoms with van der Waals surface area (Å²) >= 11 is 0. The molecule has 0 spiro atoms. The van der Waals surface area contributed by atoms with Crippen molar-refractivity contribution < 1.29 is 9.90 Å². The van der Waals surface area contributed by atoms with Crippen molar-refractivity contribution in [3.63, 3.8) is 0 Å². The first kappa shape index (κ1) is 13.6. The maximum Gasteiger partial charge on any atom is 0.228 e. The molecule has 3 nitrogen and oxygen atoms in total. The minimum absolute atomic E-state index is 0.0959. The van der Waals surface area contributed by atoms with Crippen molar-refractivity contribution in [1.29, 1.82) is 0 Å². The molecule has 1 unspecified atom stereocenters. The molecule has 0 radical (unpaired) electrons. The average molecular weight is 257 g/mol. The summed E-state index contributed by atoms with van der Waals surface area (Å²) in [7, 11) is 0. The van der Waals surface area contributed by atoms with E-state index in [1.807, 2.05) is 25.1 Å². The molecule has 1 aliphatic carbocycles. The molecule has 19 heavy (non-hydrogen) atoms. The third-order valence-corrected chi connectivity index (χ3v) is 3.63. The fraction of sp³-hybridized carbons (Fsp3) is 0.438. The third kappa shape index (κ3) is 3.15. The predicted molar refractivity (Wildman–Crippen MR) is 75.7 cm³/mol. The second kappa shape index (κ2) is 5.07. The number of benzene rings is 1. The lowest BCUT2D eigenvalue weighted by atomic mass is 10.1. The van der Waals surface area contributed by atoms with Crippen LogP contribution in [0, 0.1) is 30.1 Å². The lowest BCUT2D eigenvalue weighted by molar-refractivity contribution is -0.117. The number of hydrogen-bond acceptors (Lipinski definition) is 2. The van der Waals surface area contributed by atoms with E-state index in [2.05, 4.69) is 31.0 Å². The van der Waals surface area contributed by atoms with Crippen LogP contribution >= 0.6 is 0 Å². The number of aliphatic hydroxyl groups excluding tert-OH is 1. The third-order valence-electron chi connectivity index (χ3n) is 3.63. The maximum absolute atomic E-state index is 12.0. The number of nitrogens with one attached hydrogen (secondary N) is 1. The van der Waals surface area contributed by atoms with Crippen LogP contribution in [0.25, 0.3) is 0 Å². The molecule has 100 valence electrons. The Balaban J connectivity index is 2.06. The van der Waals surface area contributed by atoms with Gasteiger partial charge in [0.1, 0.15) is 6.61 Å². The second-order valence-corrected chi connectivity index (χ2v) is 5.72. The van der Waals surface area contributed by atoms with Gasteiger partial charge in [0.15, 0.2) is 0 Å². The molecule has 2 rings (SSSR count). The Morgan fingerprint density at radius 2 is 2.21 bits per heavy atom. The Morgan fingerprint density at radius 1 is 1.53 bits per heavy atom. The second-order valence-electron chi connectivity index (χ2n) is 5.72. The Bertz CT molecular complexity index is 564. The van der Waals surface area contributed by atoms with Gasteiger partial charge in [0, 0.05) is 17.2 Å². The summed E-state index contributed by atoms with van der Waals surface area (Å²) in [6.45, 7) is 6.01. The van der Waals surface area contributed by atoms with Crippen LogP contribution < -0.4 is 5.32 Å². The molecule has 0 aromatic heterocycles. The van der Waals surface area contributed by atoms with Gasteiger partial charge in [-0.05, 0) is 42.5 Å². The predicted octanol–water partition coefficient (Wildman–Crippen LogP) is 2.32. The van der Waals surface area contributed by atoms with Gasteiger partial charge in [-0.3, -0.25) is 4.79 Å². The molecule has 1 fully saturated rings. The van der Waals surface area contributed by atoms with Crippen molar-refractivity contribution in [3.05, 3.63) is 29.3 Å². The number of amides is 1. The zero-order valence-corrected chi connectivity index (χ0v) is 11.6. The summed E-state index contributed by atoms with van der Waals surface area (Å²) in [5.41, 5.74) is 2.82. The molecule has 1 aromatic rings. The van der Waals surface area contributed by atoms with Crippen LogP contribution in [0.15, 0.2) is 18.2 Å². The van der Waals surface area contributed by atoms with Crippen molar-refractivity contribution in [2.75, 3.05) is 11.9 Å². The van der Waals surface area contributed by atoms with Crippen LogP contribution in [0.3, 0.4) is 0 Å². The van der Waals surface area contributed by atoms with Crippen LogP contribution in [0.4, 0.5) is 5.69 Å². The summed E-state index contributed by atoms with van der Waals surface area (Å²) in [6, 6.07) is 5.63. The minimum atomic E-state index is -0.144. The van der Waals surface area contributed by atoms with Crippen molar-refractivity contribution in [3.8, 4) is 11.8 Å². The first-order chi connectivity index (χ1) is 8.94. The molecule has 0 heterocycles. The topological polar surface area (TPSA) is 49.3 Å². The summed E-state index contributed by atoms with van der Waals surface area (Å²) in [5.74, 6) is 5.72. The molecule has 1 atom stereocenters. The summed E-state index contributed by atoms with van der Waals surface area (Å²) in [4.78, 5) is 12.0. The molecule has 1 saturated carbocycles. The highest BCUT2D eigenvalue weighted by Crippen LogP contribution is 2.51. The highest BCUT2D eigenvalue weighted by molar-refractivity contribution is 5.95. The van der Waals surface area contributed by atoms with E-state index in [0.717, 1.165) is 23.2 Å². The van der Waals surface area contributed by atoms with E-state index in [1.54, 1.807) is 0 Å². The molecule has 3 heteroatoms. The van der Waals surface area contributed by atoms with Crippen molar-refractivity contribution in [2.24, 2.45) is 11.3 Å². The fourth-order valence-electron chi connectivity index (χ4n) is 2.16. The minimum Gasteiger partial charge on any atom is -0.384 e. The van der Waals surface area contributed by atoms with Gasteiger partial charge in [0.25, 0.3) is 0 Å². The van der Waals surface area contributed by atoms with E-state index in [9.17, 15) is 4.79 Å². The number of anilines is 1. The van der Waals surface area contributed by atoms with Gasteiger partial charge in [-0.2, -0.15) is 0 Å². The smallest absolute Gasteiger partial charge is 0.228 e. The van der Waals surface area contributed by atoms with Gasteiger partial charge in [-0.25, -0.2) is 0 Å². The zero-order valence-electron chi connectivity index (χ0n) is 11.6. The number of aryl methyl sites for hydroxylation is 1. The van der Waals surface area contributed by atoms with Crippen molar-refractivity contribution >= 4 is 11.6 Å². The first-order valence-corrected chi connectivity index (χ1v) is 6.45. The summed E-state index contributed by atoms with van der Waals surface area (Å²) < 4.78 is 0. The SMILES string of the molecule is Cc1cc(NC(=O)C2CC2(C)C)ccc1C#CCO. The molecule has 2 N–H and O–H groups in total. The number of rotatable bonds is 2. The molecule has 0 bridgehead atoms.